The Morgan fingerprint density at radius 2 is 1.81 bits per heavy atom. The maximum absolute atomic E-state index is 14.5. The van der Waals surface area contributed by atoms with Crippen molar-refractivity contribution < 1.29 is 9.18 Å². The smallest absolute Gasteiger partial charge is 0.263 e. The number of carbonyl (C=O) groups is 1. The third kappa shape index (κ3) is 3.49. The summed E-state index contributed by atoms with van der Waals surface area (Å²) < 4.78 is 15.9. The van der Waals surface area contributed by atoms with Gasteiger partial charge < -0.3 is 14.8 Å². The quantitative estimate of drug-likeness (QED) is 0.916. The van der Waals surface area contributed by atoms with E-state index < -0.39 is 5.91 Å². The number of pyridine rings is 1. The largest absolute Gasteiger partial charge is 0.369 e. The van der Waals surface area contributed by atoms with Crippen molar-refractivity contribution in [1.82, 2.24) is 4.57 Å². The van der Waals surface area contributed by atoms with Gasteiger partial charge in [0.25, 0.3) is 11.5 Å². The second kappa shape index (κ2) is 7.32. The Hall–Kier alpha value is -2.63. The molecule has 1 N–H and O–H groups in total. The van der Waals surface area contributed by atoms with Crippen LogP contribution in [0.2, 0.25) is 0 Å². The van der Waals surface area contributed by atoms with E-state index in [1.54, 1.807) is 32.2 Å². The van der Waals surface area contributed by atoms with Crippen molar-refractivity contribution in [1.29, 1.82) is 0 Å². The van der Waals surface area contributed by atoms with Crippen LogP contribution in [0.15, 0.2) is 29.1 Å². The van der Waals surface area contributed by atoms with Gasteiger partial charge in [0.15, 0.2) is 0 Å². The molecule has 0 bridgehead atoms. The first-order valence-electron chi connectivity index (χ1n) is 8.91. The number of aromatic nitrogens is 1. The maximum Gasteiger partial charge on any atom is 0.263 e. The van der Waals surface area contributed by atoms with Crippen LogP contribution >= 0.6 is 0 Å². The van der Waals surface area contributed by atoms with Crippen LogP contribution in [0, 0.1) is 19.7 Å². The van der Waals surface area contributed by atoms with Gasteiger partial charge in [-0.3, -0.25) is 9.59 Å². The third-order valence-electron chi connectivity index (χ3n) is 5.00. The van der Waals surface area contributed by atoms with Crippen molar-refractivity contribution in [3.63, 3.8) is 0 Å². The summed E-state index contributed by atoms with van der Waals surface area (Å²) in [5.41, 5.74) is 2.01. The van der Waals surface area contributed by atoms with Crippen LogP contribution in [0.3, 0.4) is 0 Å². The molecule has 1 aliphatic heterocycles. The van der Waals surface area contributed by atoms with Crippen molar-refractivity contribution >= 4 is 17.3 Å². The summed E-state index contributed by atoms with van der Waals surface area (Å²) >= 11 is 0. The molecular weight excluding hydrogens is 333 g/mol. The molecule has 1 fully saturated rings. The fourth-order valence-corrected chi connectivity index (χ4v) is 3.42. The molecule has 2 aromatic rings. The number of halogens is 1. The molecule has 2 heterocycles. The van der Waals surface area contributed by atoms with Gasteiger partial charge in [-0.15, -0.1) is 0 Å². The topological polar surface area (TPSA) is 54.3 Å². The number of anilines is 2. The Balaban J connectivity index is 1.83. The number of benzene rings is 1. The second-order valence-corrected chi connectivity index (χ2v) is 6.88. The van der Waals surface area contributed by atoms with E-state index >= 15 is 0 Å². The predicted molar refractivity (Wildman–Crippen MR) is 102 cm³/mol. The highest BCUT2D eigenvalue weighted by Gasteiger charge is 2.18. The van der Waals surface area contributed by atoms with Crippen LogP contribution in [0.1, 0.15) is 40.9 Å². The first-order valence-corrected chi connectivity index (χ1v) is 8.91. The van der Waals surface area contributed by atoms with Gasteiger partial charge in [0.2, 0.25) is 0 Å². The summed E-state index contributed by atoms with van der Waals surface area (Å²) in [7, 11) is 1.63. The molecule has 0 saturated carbocycles. The average Bonchev–Trinajstić information content (AvgIpc) is 2.60. The Morgan fingerprint density at radius 1 is 1.12 bits per heavy atom. The molecule has 3 rings (SSSR count). The van der Waals surface area contributed by atoms with Gasteiger partial charge in [-0.25, -0.2) is 4.39 Å². The van der Waals surface area contributed by atoms with Gasteiger partial charge in [-0.2, -0.15) is 0 Å². The number of hydrogen-bond acceptors (Lipinski definition) is 3. The van der Waals surface area contributed by atoms with Crippen LogP contribution in [0.25, 0.3) is 0 Å². The van der Waals surface area contributed by atoms with Crippen molar-refractivity contribution in [2.45, 2.75) is 33.1 Å². The average molecular weight is 357 g/mol. The summed E-state index contributed by atoms with van der Waals surface area (Å²) in [6.07, 6.45) is 3.30. The Bertz CT molecular complexity index is 899. The minimum Gasteiger partial charge on any atom is -0.369 e. The fraction of sp³-hybridized carbons (Fsp3) is 0.400. The third-order valence-corrected chi connectivity index (χ3v) is 5.00. The number of nitrogens with zero attached hydrogens (tertiary/aromatic N) is 2. The van der Waals surface area contributed by atoms with Crippen molar-refractivity contribution in [2.75, 3.05) is 23.3 Å². The number of amides is 1. The highest BCUT2D eigenvalue weighted by atomic mass is 19.1. The van der Waals surface area contributed by atoms with Crippen molar-refractivity contribution in [2.24, 2.45) is 7.05 Å². The summed E-state index contributed by atoms with van der Waals surface area (Å²) in [4.78, 5) is 27.0. The number of piperidine rings is 1. The van der Waals surface area contributed by atoms with E-state index in [9.17, 15) is 14.0 Å². The van der Waals surface area contributed by atoms with E-state index in [2.05, 4.69) is 5.32 Å². The van der Waals surface area contributed by atoms with Gasteiger partial charge in [0.05, 0.1) is 5.69 Å². The molecular formula is C20H24FN3O2. The fourth-order valence-electron chi connectivity index (χ4n) is 3.42. The minimum absolute atomic E-state index is 0.0821. The Morgan fingerprint density at radius 3 is 2.46 bits per heavy atom. The minimum atomic E-state index is -0.520. The molecule has 0 unspecified atom stereocenters. The molecule has 5 nitrogen and oxygen atoms in total. The molecule has 6 heteroatoms. The molecule has 1 aliphatic rings. The summed E-state index contributed by atoms with van der Waals surface area (Å²) in [5, 5.41) is 2.65. The van der Waals surface area contributed by atoms with Crippen molar-refractivity contribution in [3.8, 4) is 0 Å². The van der Waals surface area contributed by atoms with E-state index in [4.69, 9.17) is 0 Å². The first-order chi connectivity index (χ1) is 12.4. The first kappa shape index (κ1) is 18.2. The summed E-state index contributed by atoms with van der Waals surface area (Å²) in [6.45, 7) is 5.23. The van der Waals surface area contributed by atoms with E-state index in [0.29, 0.717) is 16.9 Å². The predicted octanol–water partition coefficient (Wildman–Crippen LogP) is 3.38. The lowest BCUT2D eigenvalue weighted by Crippen LogP contribution is -2.31. The molecule has 1 amide bonds. The standard InChI is InChI=1S/C20H24FN3O2/c1-13-11-14(2)23(3)20(26)18(13)19(25)22-15-7-8-17(16(21)12-15)24-9-5-4-6-10-24/h7-8,11-12H,4-6,9-10H2,1-3H3,(H,22,25). The van der Waals surface area contributed by atoms with Gasteiger partial charge >= 0.3 is 0 Å². The van der Waals surface area contributed by atoms with Gasteiger partial charge in [-0.05, 0) is 62.9 Å². The van der Waals surface area contributed by atoms with Crippen LogP contribution in [0.4, 0.5) is 15.8 Å². The Kier molecular flexibility index (Phi) is 5.11. The number of nitrogens with one attached hydrogen (secondary N) is 1. The second-order valence-electron chi connectivity index (χ2n) is 6.88. The van der Waals surface area contributed by atoms with Crippen LogP contribution in [-0.4, -0.2) is 23.6 Å². The molecule has 26 heavy (non-hydrogen) atoms. The van der Waals surface area contributed by atoms with Crippen molar-refractivity contribution in [3.05, 3.63) is 57.3 Å². The van der Waals surface area contributed by atoms with Gasteiger partial charge in [0.1, 0.15) is 11.4 Å². The Labute approximate surface area is 152 Å². The van der Waals surface area contributed by atoms with Crippen LogP contribution < -0.4 is 15.8 Å². The number of carbonyl (C=O) groups excluding carboxylic acids is 1. The SMILES string of the molecule is Cc1cc(C)n(C)c(=O)c1C(=O)Nc1ccc(N2CCCCC2)c(F)c1. The van der Waals surface area contributed by atoms with E-state index in [0.717, 1.165) is 31.6 Å². The number of rotatable bonds is 3. The van der Waals surface area contributed by atoms with E-state index in [1.807, 2.05) is 11.8 Å². The number of hydrogen-bond donors (Lipinski definition) is 1. The van der Waals surface area contributed by atoms with Crippen LogP contribution in [-0.2, 0) is 7.05 Å². The lowest BCUT2D eigenvalue weighted by Gasteiger charge is -2.29. The normalized spacial score (nSPS) is 14.4. The summed E-state index contributed by atoms with van der Waals surface area (Å²) in [6, 6.07) is 6.47. The molecule has 1 aromatic carbocycles. The molecule has 138 valence electrons. The molecule has 0 aliphatic carbocycles. The zero-order valence-electron chi connectivity index (χ0n) is 15.4. The highest BCUT2D eigenvalue weighted by Crippen LogP contribution is 2.26. The molecule has 1 aromatic heterocycles. The lowest BCUT2D eigenvalue weighted by atomic mass is 10.1. The zero-order valence-corrected chi connectivity index (χ0v) is 15.4. The lowest BCUT2D eigenvalue weighted by molar-refractivity contribution is 0.102. The van der Waals surface area contributed by atoms with E-state index in [1.165, 1.54) is 17.1 Å². The monoisotopic (exact) mass is 357 g/mol. The maximum atomic E-state index is 14.5. The van der Waals surface area contributed by atoms with Crippen LogP contribution in [0.5, 0.6) is 0 Å². The zero-order chi connectivity index (χ0) is 18.8. The number of aryl methyl sites for hydroxylation is 2. The van der Waals surface area contributed by atoms with Gasteiger partial charge in [0, 0.05) is 31.5 Å². The molecule has 0 radical (unpaired) electrons. The molecule has 1 saturated heterocycles. The van der Waals surface area contributed by atoms with E-state index in [-0.39, 0.29) is 16.9 Å². The summed E-state index contributed by atoms with van der Waals surface area (Å²) in [5.74, 6) is -0.883. The highest BCUT2D eigenvalue weighted by molar-refractivity contribution is 6.05. The molecule has 0 atom stereocenters. The molecule has 0 spiro atoms. The van der Waals surface area contributed by atoms with Gasteiger partial charge in [-0.1, -0.05) is 0 Å².